The van der Waals surface area contributed by atoms with Crippen molar-refractivity contribution in [2.24, 2.45) is 5.92 Å². The summed E-state index contributed by atoms with van der Waals surface area (Å²) < 4.78 is 35.0. The number of aromatic nitrogens is 4. The fourth-order valence-electron chi connectivity index (χ4n) is 5.31. The van der Waals surface area contributed by atoms with Crippen molar-refractivity contribution in [3.05, 3.63) is 53.0 Å². The molecule has 2 aliphatic rings. The van der Waals surface area contributed by atoms with E-state index in [9.17, 15) is 24.1 Å². The Kier molecular flexibility index (Phi) is 7.45. The van der Waals surface area contributed by atoms with Gasteiger partial charge in [-0.05, 0) is 32.3 Å². The zero-order valence-electron chi connectivity index (χ0n) is 22.4. The van der Waals surface area contributed by atoms with Gasteiger partial charge in [0.25, 0.3) is 0 Å². The van der Waals surface area contributed by atoms with Gasteiger partial charge >= 0.3 is 0 Å². The fraction of sp³-hybridized carbons (Fsp3) is 0.429. The van der Waals surface area contributed by atoms with Crippen molar-refractivity contribution in [3.8, 4) is 16.3 Å². The fourth-order valence-corrected chi connectivity index (χ4v) is 6.38. The highest BCUT2D eigenvalue weighted by atomic mass is 32.1. The molecule has 13 heteroatoms. The zero-order chi connectivity index (χ0) is 28.8. The van der Waals surface area contributed by atoms with E-state index in [4.69, 9.17) is 9.72 Å². The number of aryl methyl sites for hydroxylation is 1. The topological polar surface area (TPSA) is 146 Å². The number of thiazole rings is 1. The van der Waals surface area contributed by atoms with E-state index in [1.54, 1.807) is 13.1 Å². The van der Waals surface area contributed by atoms with Gasteiger partial charge in [-0.3, -0.25) is 4.98 Å². The second kappa shape index (κ2) is 11.0. The maximum atomic E-state index is 14.6. The number of nitrogens with one attached hydrogen (secondary N) is 2. The Morgan fingerprint density at radius 3 is 2.51 bits per heavy atom. The summed E-state index contributed by atoms with van der Waals surface area (Å²) in [5.74, 6) is -1.12. The first-order valence-corrected chi connectivity index (χ1v) is 14.2. The minimum atomic E-state index is -1.14. The third-order valence-electron chi connectivity index (χ3n) is 7.74. The number of benzene rings is 1. The average Bonchev–Trinajstić information content (AvgIpc) is 3.65. The van der Waals surface area contributed by atoms with Gasteiger partial charge in [-0.15, -0.1) is 11.3 Å². The van der Waals surface area contributed by atoms with E-state index in [2.05, 4.69) is 25.6 Å². The molecule has 0 bridgehead atoms. The van der Waals surface area contributed by atoms with Gasteiger partial charge in [0, 0.05) is 48.9 Å². The Balaban J connectivity index is 1.37. The van der Waals surface area contributed by atoms with Crippen LogP contribution >= 0.6 is 11.3 Å². The molecule has 5 N–H and O–H groups in total. The van der Waals surface area contributed by atoms with Crippen LogP contribution in [0.1, 0.15) is 42.1 Å². The Labute approximate surface area is 238 Å². The third-order valence-corrected chi connectivity index (χ3v) is 8.77. The molecule has 0 amide bonds. The summed E-state index contributed by atoms with van der Waals surface area (Å²) in [5, 5.41) is 37.5. The van der Waals surface area contributed by atoms with Crippen molar-refractivity contribution in [1.82, 2.24) is 19.9 Å². The molecule has 10 nitrogen and oxygen atoms in total. The SMILES string of the molecule is COc1cc(F)c(CNc2nc(C)c(-c3nc4c(C5CC5)nccc4s3)c(N[C@@H]3C[C@H](CO)[C@@H](O)[C@H]3O)n2)c(F)c1. The Hall–Kier alpha value is -3.52. The van der Waals surface area contributed by atoms with E-state index in [0.29, 0.717) is 34.4 Å². The molecule has 3 aromatic heterocycles. The van der Waals surface area contributed by atoms with E-state index >= 15 is 0 Å². The smallest absolute Gasteiger partial charge is 0.225 e. The normalized spacial score (nSPS) is 22.3. The van der Waals surface area contributed by atoms with E-state index < -0.39 is 35.8 Å². The number of anilines is 2. The minimum Gasteiger partial charge on any atom is -0.497 e. The molecular weight excluding hydrogens is 554 g/mol. The number of hydrogen-bond donors (Lipinski definition) is 5. The molecule has 41 heavy (non-hydrogen) atoms. The molecular formula is C28H30F2N6O4S. The molecule has 0 radical (unpaired) electrons. The molecule has 0 unspecified atom stereocenters. The Morgan fingerprint density at radius 1 is 1.10 bits per heavy atom. The summed E-state index contributed by atoms with van der Waals surface area (Å²) >= 11 is 1.47. The van der Waals surface area contributed by atoms with E-state index in [1.807, 2.05) is 6.07 Å². The molecule has 6 rings (SSSR count). The lowest BCUT2D eigenvalue weighted by atomic mass is 10.1. The van der Waals surface area contributed by atoms with Crippen LogP contribution < -0.4 is 15.4 Å². The van der Waals surface area contributed by atoms with Crippen LogP contribution in [-0.2, 0) is 6.54 Å². The number of aliphatic hydroxyl groups excluding tert-OH is 3. The van der Waals surface area contributed by atoms with Gasteiger partial charge in [0.05, 0.1) is 40.9 Å². The van der Waals surface area contributed by atoms with Crippen LogP contribution in [0.15, 0.2) is 24.4 Å². The molecule has 4 atom stereocenters. The van der Waals surface area contributed by atoms with E-state index in [-0.39, 0.29) is 30.4 Å². The van der Waals surface area contributed by atoms with Crippen LogP contribution in [0, 0.1) is 24.5 Å². The van der Waals surface area contributed by atoms with Crippen molar-refractivity contribution in [2.75, 3.05) is 24.4 Å². The van der Waals surface area contributed by atoms with Crippen molar-refractivity contribution in [3.63, 3.8) is 0 Å². The zero-order valence-corrected chi connectivity index (χ0v) is 23.3. The number of ether oxygens (including phenoxy) is 1. The van der Waals surface area contributed by atoms with Crippen LogP contribution in [-0.4, -0.2) is 67.2 Å². The molecule has 2 fully saturated rings. The third kappa shape index (κ3) is 5.30. The quantitative estimate of drug-likeness (QED) is 0.197. The van der Waals surface area contributed by atoms with E-state index in [1.165, 1.54) is 18.4 Å². The summed E-state index contributed by atoms with van der Waals surface area (Å²) in [5.41, 5.74) is 2.77. The van der Waals surface area contributed by atoms with Gasteiger partial charge in [-0.2, -0.15) is 4.98 Å². The first-order valence-electron chi connectivity index (χ1n) is 13.4. The maximum Gasteiger partial charge on any atom is 0.225 e. The van der Waals surface area contributed by atoms with Gasteiger partial charge in [0.1, 0.15) is 39.8 Å². The van der Waals surface area contributed by atoms with Gasteiger partial charge in [-0.1, -0.05) is 0 Å². The molecule has 0 aliphatic heterocycles. The predicted octanol–water partition coefficient (Wildman–Crippen LogP) is 3.75. The van der Waals surface area contributed by atoms with Crippen LogP contribution in [0.3, 0.4) is 0 Å². The molecule has 216 valence electrons. The molecule has 2 saturated carbocycles. The van der Waals surface area contributed by atoms with Crippen molar-refractivity contribution in [2.45, 2.75) is 56.9 Å². The minimum absolute atomic E-state index is 0.0704. The molecule has 0 saturated heterocycles. The van der Waals surface area contributed by atoms with Crippen molar-refractivity contribution < 1.29 is 28.8 Å². The first-order chi connectivity index (χ1) is 19.8. The predicted molar refractivity (Wildman–Crippen MR) is 150 cm³/mol. The van der Waals surface area contributed by atoms with Crippen LogP contribution in [0.4, 0.5) is 20.5 Å². The number of pyridine rings is 1. The number of halogens is 2. The van der Waals surface area contributed by atoms with E-state index in [0.717, 1.165) is 40.9 Å². The summed E-state index contributed by atoms with van der Waals surface area (Å²) in [6.45, 7) is 1.28. The monoisotopic (exact) mass is 584 g/mol. The van der Waals surface area contributed by atoms with Crippen LogP contribution in [0.5, 0.6) is 5.75 Å². The molecule has 3 heterocycles. The lowest BCUT2D eigenvalue weighted by Gasteiger charge is -2.21. The van der Waals surface area contributed by atoms with Crippen LogP contribution in [0.2, 0.25) is 0 Å². The Bertz CT molecular complexity index is 1580. The van der Waals surface area contributed by atoms with Gasteiger partial charge < -0.3 is 30.7 Å². The highest BCUT2D eigenvalue weighted by Gasteiger charge is 2.41. The summed E-state index contributed by atoms with van der Waals surface area (Å²) in [4.78, 5) is 18.7. The number of rotatable bonds is 9. The largest absolute Gasteiger partial charge is 0.497 e. The average molecular weight is 585 g/mol. The number of fused-ring (bicyclic) bond motifs is 1. The summed E-state index contributed by atoms with van der Waals surface area (Å²) in [7, 11) is 1.33. The molecule has 4 aromatic rings. The molecule has 1 aromatic carbocycles. The summed E-state index contributed by atoms with van der Waals surface area (Å²) in [6, 6.07) is 3.51. The molecule has 0 spiro atoms. The Morgan fingerprint density at radius 2 is 1.85 bits per heavy atom. The number of aliphatic hydroxyl groups is 3. The lowest BCUT2D eigenvalue weighted by molar-refractivity contribution is 0.00446. The van der Waals surface area contributed by atoms with Crippen LogP contribution in [0.25, 0.3) is 20.8 Å². The second-order valence-corrected chi connectivity index (χ2v) is 11.6. The molecule has 2 aliphatic carbocycles. The second-order valence-electron chi connectivity index (χ2n) is 10.5. The van der Waals surface area contributed by atoms with Gasteiger partial charge in [-0.25, -0.2) is 18.7 Å². The maximum absolute atomic E-state index is 14.6. The summed E-state index contributed by atoms with van der Waals surface area (Å²) in [6.07, 6.45) is 2.01. The van der Waals surface area contributed by atoms with Gasteiger partial charge in [0.15, 0.2) is 0 Å². The van der Waals surface area contributed by atoms with Crippen molar-refractivity contribution >= 4 is 33.3 Å². The highest BCUT2D eigenvalue weighted by Crippen LogP contribution is 2.44. The number of methoxy groups -OCH3 is 1. The lowest BCUT2D eigenvalue weighted by Crippen LogP contribution is -2.35. The number of hydrogen-bond acceptors (Lipinski definition) is 11. The van der Waals surface area contributed by atoms with Crippen molar-refractivity contribution in [1.29, 1.82) is 0 Å². The highest BCUT2D eigenvalue weighted by molar-refractivity contribution is 7.21. The standard InChI is InChI=1S/C28H30F2N6O4S/c1-12-21(27-35-23-20(41-27)5-6-31-22(23)13-3-4-13)26(34-19-7-14(11-37)24(38)25(19)39)36-28(33-12)32-10-16-17(29)8-15(40-2)9-18(16)30/h5-6,8-9,13-14,19,24-25,37-39H,3-4,7,10-11H2,1-2H3,(H2,32,33,34,36)/t14-,19-,24-,25+/m1/s1. The number of nitrogens with zero attached hydrogens (tertiary/aromatic N) is 4. The first kappa shape index (κ1) is 27.6. The van der Waals surface area contributed by atoms with Gasteiger partial charge in [0.2, 0.25) is 5.95 Å².